The third kappa shape index (κ3) is 3.99. The SMILES string of the molecule is O=C(Nc1cccc(F)c1)N1CCCCC1c1nc(-c2ccc(Cl)cc2)no1. The van der Waals surface area contributed by atoms with E-state index in [9.17, 15) is 9.18 Å². The maximum absolute atomic E-state index is 13.4. The van der Waals surface area contributed by atoms with Crippen LogP contribution in [0.2, 0.25) is 5.02 Å². The Labute approximate surface area is 166 Å². The number of nitrogens with one attached hydrogen (secondary N) is 1. The predicted octanol–water partition coefficient (Wildman–Crippen LogP) is 5.29. The van der Waals surface area contributed by atoms with Gasteiger partial charge < -0.3 is 14.7 Å². The van der Waals surface area contributed by atoms with Crippen LogP contribution in [0.3, 0.4) is 0 Å². The van der Waals surface area contributed by atoms with E-state index >= 15 is 0 Å². The molecule has 1 saturated heterocycles. The maximum atomic E-state index is 13.4. The van der Waals surface area contributed by atoms with Gasteiger partial charge in [-0.2, -0.15) is 4.98 Å². The van der Waals surface area contributed by atoms with Crippen molar-refractivity contribution in [2.24, 2.45) is 0 Å². The van der Waals surface area contributed by atoms with Crippen molar-refractivity contribution in [3.63, 3.8) is 0 Å². The highest BCUT2D eigenvalue weighted by Gasteiger charge is 2.32. The van der Waals surface area contributed by atoms with Crippen molar-refractivity contribution >= 4 is 23.3 Å². The van der Waals surface area contributed by atoms with Crippen molar-refractivity contribution in [2.75, 3.05) is 11.9 Å². The molecule has 1 aromatic heterocycles. The lowest BCUT2D eigenvalue weighted by atomic mass is 10.0. The fourth-order valence-electron chi connectivity index (χ4n) is 3.28. The molecule has 0 bridgehead atoms. The first kappa shape index (κ1) is 18.4. The van der Waals surface area contributed by atoms with E-state index in [4.69, 9.17) is 16.1 Å². The largest absolute Gasteiger partial charge is 0.337 e. The van der Waals surface area contributed by atoms with Gasteiger partial charge in [0, 0.05) is 22.8 Å². The molecule has 2 amide bonds. The lowest BCUT2D eigenvalue weighted by Crippen LogP contribution is -2.41. The number of nitrogens with zero attached hydrogens (tertiary/aromatic N) is 3. The zero-order valence-electron chi connectivity index (χ0n) is 14.9. The van der Waals surface area contributed by atoms with Crippen LogP contribution in [0.15, 0.2) is 53.1 Å². The Kier molecular flexibility index (Phi) is 5.25. The quantitative estimate of drug-likeness (QED) is 0.648. The second-order valence-corrected chi connectivity index (χ2v) is 7.05. The van der Waals surface area contributed by atoms with Gasteiger partial charge in [-0.25, -0.2) is 9.18 Å². The van der Waals surface area contributed by atoms with Crippen molar-refractivity contribution < 1.29 is 13.7 Å². The summed E-state index contributed by atoms with van der Waals surface area (Å²) in [4.78, 5) is 18.9. The lowest BCUT2D eigenvalue weighted by molar-refractivity contribution is 0.142. The number of rotatable bonds is 3. The summed E-state index contributed by atoms with van der Waals surface area (Å²) < 4.78 is 18.8. The summed E-state index contributed by atoms with van der Waals surface area (Å²) in [5, 5.41) is 7.41. The molecule has 0 spiro atoms. The van der Waals surface area contributed by atoms with Gasteiger partial charge in [-0.05, 0) is 61.7 Å². The molecule has 8 heteroatoms. The summed E-state index contributed by atoms with van der Waals surface area (Å²) >= 11 is 5.92. The molecular formula is C20H18ClFN4O2. The van der Waals surface area contributed by atoms with E-state index in [0.29, 0.717) is 29.0 Å². The van der Waals surface area contributed by atoms with Gasteiger partial charge in [-0.15, -0.1) is 0 Å². The third-order valence-corrected chi connectivity index (χ3v) is 4.92. The highest BCUT2D eigenvalue weighted by molar-refractivity contribution is 6.30. The number of piperidine rings is 1. The van der Waals surface area contributed by atoms with Gasteiger partial charge in [0.2, 0.25) is 11.7 Å². The van der Waals surface area contributed by atoms with Crippen LogP contribution in [0.4, 0.5) is 14.9 Å². The Balaban J connectivity index is 1.54. The van der Waals surface area contributed by atoms with Crippen LogP contribution in [-0.2, 0) is 0 Å². The van der Waals surface area contributed by atoms with E-state index in [1.807, 2.05) is 12.1 Å². The first-order valence-electron chi connectivity index (χ1n) is 9.03. The Morgan fingerprint density at radius 3 is 2.82 bits per heavy atom. The van der Waals surface area contributed by atoms with Crippen LogP contribution in [0.5, 0.6) is 0 Å². The minimum atomic E-state index is -0.405. The van der Waals surface area contributed by atoms with Crippen LogP contribution in [0, 0.1) is 5.82 Å². The summed E-state index contributed by atoms with van der Waals surface area (Å²) in [5.74, 6) is 0.430. The summed E-state index contributed by atoms with van der Waals surface area (Å²) in [6.07, 6.45) is 2.55. The second kappa shape index (κ2) is 7.98. The van der Waals surface area contributed by atoms with Crippen LogP contribution in [0.1, 0.15) is 31.2 Å². The van der Waals surface area contributed by atoms with Crippen molar-refractivity contribution in [1.82, 2.24) is 15.0 Å². The number of aromatic nitrogens is 2. The molecule has 0 saturated carbocycles. The molecule has 1 aliphatic heterocycles. The van der Waals surface area contributed by atoms with E-state index in [-0.39, 0.29) is 12.1 Å². The van der Waals surface area contributed by atoms with Gasteiger partial charge in [0.05, 0.1) is 0 Å². The molecule has 1 fully saturated rings. The van der Waals surface area contributed by atoms with Gasteiger partial charge >= 0.3 is 6.03 Å². The highest BCUT2D eigenvalue weighted by atomic mass is 35.5. The fraction of sp³-hybridized carbons (Fsp3) is 0.250. The zero-order chi connectivity index (χ0) is 19.5. The number of anilines is 1. The van der Waals surface area contributed by atoms with Gasteiger partial charge in [-0.3, -0.25) is 0 Å². The molecule has 1 N–H and O–H groups in total. The van der Waals surface area contributed by atoms with Gasteiger partial charge in [0.25, 0.3) is 0 Å². The molecule has 28 heavy (non-hydrogen) atoms. The number of benzene rings is 2. The molecule has 4 rings (SSSR count). The molecule has 2 aromatic carbocycles. The van der Waals surface area contributed by atoms with Crippen molar-refractivity contribution in [3.8, 4) is 11.4 Å². The topological polar surface area (TPSA) is 71.3 Å². The van der Waals surface area contributed by atoms with E-state index in [1.165, 1.54) is 12.1 Å². The lowest BCUT2D eigenvalue weighted by Gasteiger charge is -2.33. The number of carbonyl (C=O) groups excluding carboxylic acids is 1. The van der Waals surface area contributed by atoms with E-state index < -0.39 is 5.82 Å². The van der Waals surface area contributed by atoms with Gasteiger partial charge in [-0.1, -0.05) is 22.8 Å². The fourth-order valence-corrected chi connectivity index (χ4v) is 3.41. The van der Waals surface area contributed by atoms with Crippen molar-refractivity contribution in [1.29, 1.82) is 0 Å². The number of halogens is 2. The monoisotopic (exact) mass is 400 g/mol. The third-order valence-electron chi connectivity index (χ3n) is 4.67. The molecule has 1 aliphatic rings. The normalized spacial score (nSPS) is 16.8. The van der Waals surface area contributed by atoms with Gasteiger partial charge in [0.15, 0.2) is 0 Å². The minimum Gasteiger partial charge on any atom is -0.337 e. The number of hydrogen-bond acceptors (Lipinski definition) is 4. The minimum absolute atomic E-state index is 0.318. The van der Waals surface area contributed by atoms with Crippen LogP contribution in [-0.4, -0.2) is 27.6 Å². The van der Waals surface area contributed by atoms with Crippen LogP contribution >= 0.6 is 11.6 Å². The standard InChI is InChI=1S/C20H18ClFN4O2/c21-14-9-7-13(8-10-14)18-24-19(28-25-18)17-6-1-2-11-26(17)20(27)23-16-5-3-4-15(22)12-16/h3-5,7-10,12,17H,1-2,6,11H2,(H,23,27). The van der Waals surface area contributed by atoms with E-state index in [1.54, 1.807) is 29.2 Å². The molecule has 1 unspecified atom stereocenters. The number of hydrogen-bond donors (Lipinski definition) is 1. The average molecular weight is 401 g/mol. The molecular weight excluding hydrogens is 383 g/mol. The van der Waals surface area contributed by atoms with Crippen molar-refractivity contribution in [3.05, 3.63) is 65.3 Å². The molecule has 2 heterocycles. The first-order chi connectivity index (χ1) is 13.6. The number of likely N-dealkylation sites (tertiary alicyclic amines) is 1. The Hall–Kier alpha value is -2.93. The Morgan fingerprint density at radius 1 is 1.21 bits per heavy atom. The summed E-state index contributed by atoms with van der Waals surface area (Å²) in [6.45, 7) is 0.560. The molecule has 1 atom stereocenters. The van der Waals surface area contributed by atoms with Crippen LogP contribution < -0.4 is 5.32 Å². The van der Waals surface area contributed by atoms with E-state index in [2.05, 4.69) is 15.5 Å². The number of amides is 2. The predicted molar refractivity (Wildman–Crippen MR) is 103 cm³/mol. The molecule has 0 radical (unpaired) electrons. The van der Waals surface area contributed by atoms with Crippen LogP contribution in [0.25, 0.3) is 11.4 Å². The Bertz CT molecular complexity index is 976. The summed E-state index contributed by atoms with van der Waals surface area (Å²) in [7, 11) is 0. The molecule has 144 valence electrons. The van der Waals surface area contributed by atoms with Crippen molar-refractivity contribution in [2.45, 2.75) is 25.3 Å². The smallest absolute Gasteiger partial charge is 0.322 e. The highest BCUT2D eigenvalue weighted by Crippen LogP contribution is 2.32. The van der Waals surface area contributed by atoms with Gasteiger partial charge in [0.1, 0.15) is 11.9 Å². The summed E-state index contributed by atoms with van der Waals surface area (Å²) in [5.41, 5.74) is 1.19. The molecule has 0 aliphatic carbocycles. The molecule has 6 nitrogen and oxygen atoms in total. The average Bonchev–Trinajstić information content (AvgIpc) is 3.18. The van der Waals surface area contributed by atoms with E-state index in [0.717, 1.165) is 24.8 Å². The number of urea groups is 1. The maximum Gasteiger partial charge on any atom is 0.322 e. The summed E-state index contributed by atoms with van der Waals surface area (Å²) in [6, 6.07) is 12.3. The second-order valence-electron chi connectivity index (χ2n) is 6.61. The first-order valence-corrected chi connectivity index (χ1v) is 9.41. The Morgan fingerprint density at radius 2 is 2.04 bits per heavy atom. The number of carbonyl (C=O) groups is 1. The molecule has 3 aromatic rings. The zero-order valence-corrected chi connectivity index (χ0v) is 15.7.